The third-order valence-corrected chi connectivity index (χ3v) is 9.35. The second kappa shape index (κ2) is 6.07. The van der Waals surface area contributed by atoms with Crippen LogP contribution in [0.1, 0.15) is 71.6 Å². The van der Waals surface area contributed by atoms with E-state index < -0.39 is 5.60 Å². The maximum absolute atomic E-state index is 11.4. The summed E-state index contributed by atoms with van der Waals surface area (Å²) < 4.78 is 0. The molecule has 4 aliphatic rings. The third-order valence-electron chi connectivity index (χ3n) is 9.35. The van der Waals surface area contributed by atoms with Crippen molar-refractivity contribution in [3.63, 3.8) is 0 Å². The molecule has 4 saturated carbocycles. The maximum atomic E-state index is 11.4. The highest BCUT2D eigenvalue weighted by Gasteiger charge is 2.63. The predicted molar refractivity (Wildman–Crippen MR) is 98.9 cm³/mol. The van der Waals surface area contributed by atoms with Gasteiger partial charge in [-0.2, -0.15) is 0 Å². The van der Waals surface area contributed by atoms with Gasteiger partial charge in [0.05, 0.1) is 18.3 Å². The van der Waals surface area contributed by atoms with Crippen LogP contribution in [0.25, 0.3) is 0 Å². The minimum atomic E-state index is -0.744. The first-order valence-electron chi connectivity index (χ1n) is 10.5. The Morgan fingerprint density at radius 3 is 2.48 bits per heavy atom. The van der Waals surface area contributed by atoms with E-state index in [0.29, 0.717) is 17.3 Å². The van der Waals surface area contributed by atoms with Gasteiger partial charge in [0.1, 0.15) is 0 Å². The molecule has 25 heavy (non-hydrogen) atoms. The van der Waals surface area contributed by atoms with Crippen LogP contribution in [0.2, 0.25) is 0 Å². The Hall–Kier alpha value is -0.380. The molecule has 0 unspecified atom stereocenters. The lowest BCUT2D eigenvalue weighted by molar-refractivity contribution is -0.146. The fourth-order valence-electron chi connectivity index (χ4n) is 7.81. The lowest BCUT2D eigenvalue weighted by Gasteiger charge is -2.61. The van der Waals surface area contributed by atoms with Gasteiger partial charge >= 0.3 is 0 Å². The van der Waals surface area contributed by atoms with E-state index in [1.54, 1.807) is 6.08 Å². The van der Waals surface area contributed by atoms with E-state index >= 15 is 0 Å². The van der Waals surface area contributed by atoms with Crippen LogP contribution in [0.4, 0.5) is 0 Å². The molecular weight excluding hydrogens is 312 g/mol. The number of hydrogen-bond donors (Lipinski definition) is 3. The average Bonchev–Trinajstić information content (AvgIpc) is 2.85. The third kappa shape index (κ3) is 2.49. The van der Waals surface area contributed by atoms with Gasteiger partial charge in [0.2, 0.25) is 0 Å². The summed E-state index contributed by atoms with van der Waals surface area (Å²) >= 11 is 0. The first kappa shape index (κ1) is 18.0. The lowest BCUT2D eigenvalue weighted by Crippen LogP contribution is -2.56. The Labute approximate surface area is 152 Å². The summed E-state index contributed by atoms with van der Waals surface area (Å²) in [6.07, 6.45) is 13.5. The van der Waals surface area contributed by atoms with E-state index in [4.69, 9.17) is 0 Å². The van der Waals surface area contributed by atoms with E-state index in [0.717, 1.165) is 43.9 Å². The molecular formula is C22H36O3. The smallest absolute Gasteiger partial charge is 0.0884 e. The molecule has 8 atom stereocenters. The molecule has 0 radical (unpaired) electrons. The second-order valence-electron chi connectivity index (χ2n) is 10.1. The Morgan fingerprint density at radius 2 is 1.72 bits per heavy atom. The van der Waals surface area contributed by atoms with Crippen LogP contribution in [0.15, 0.2) is 12.2 Å². The number of aliphatic hydroxyl groups is 3. The van der Waals surface area contributed by atoms with Gasteiger partial charge in [-0.15, -0.1) is 0 Å². The van der Waals surface area contributed by atoms with Crippen LogP contribution in [0.3, 0.4) is 0 Å². The van der Waals surface area contributed by atoms with Gasteiger partial charge in [-0.1, -0.05) is 26.0 Å². The molecule has 4 fully saturated rings. The molecule has 0 amide bonds. The van der Waals surface area contributed by atoms with Gasteiger partial charge in [-0.3, -0.25) is 0 Å². The SMILES string of the molecule is C[C@]12CC[C@H](O)C[C@@H]1CC[C@@H]1[C@@H]2CC[C@@]2(C)[C@H]1CC[C@@]2(O)C=CCO. The Balaban J connectivity index is 1.61. The minimum Gasteiger partial charge on any atom is -0.393 e. The number of hydrogen-bond acceptors (Lipinski definition) is 3. The Bertz CT molecular complexity index is 545. The summed E-state index contributed by atoms with van der Waals surface area (Å²) in [6.45, 7) is 4.83. The van der Waals surface area contributed by atoms with Gasteiger partial charge in [0.15, 0.2) is 0 Å². The zero-order valence-electron chi connectivity index (χ0n) is 16.0. The standard InChI is InChI=1S/C22H36O3/c1-20-10-6-16(24)14-15(20)4-5-17-18(20)7-11-21(2)19(17)8-12-22(21,25)9-3-13-23/h3,9,15-19,23-25H,4-8,10-14H2,1-2H3/t15-,16-,17+,18-,19-,20-,21-,22-/m0/s1. The van der Waals surface area contributed by atoms with Crippen molar-refractivity contribution < 1.29 is 15.3 Å². The summed E-state index contributed by atoms with van der Waals surface area (Å²) in [7, 11) is 0. The van der Waals surface area contributed by atoms with E-state index in [1.165, 1.54) is 25.7 Å². The first-order valence-corrected chi connectivity index (χ1v) is 10.5. The van der Waals surface area contributed by atoms with Crippen LogP contribution in [-0.2, 0) is 0 Å². The Kier molecular flexibility index (Phi) is 4.37. The highest BCUT2D eigenvalue weighted by atomic mass is 16.3. The second-order valence-corrected chi connectivity index (χ2v) is 10.1. The van der Waals surface area contributed by atoms with Crippen LogP contribution in [0, 0.1) is 34.5 Å². The highest BCUT2D eigenvalue weighted by Crippen LogP contribution is 2.68. The molecule has 0 aromatic heterocycles. The molecule has 0 saturated heterocycles. The summed E-state index contributed by atoms with van der Waals surface area (Å²) in [5.74, 6) is 2.79. The van der Waals surface area contributed by atoms with Gasteiger partial charge in [0, 0.05) is 5.41 Å². The molecule has 142 valence electrons. The fourth-order valence-corrected chi connectivity index (χ4v) is 7.81. The van der Waals surface area contributed by atoms with Crippen molar-refractivity contribution in [1.29, 1.82) is 0 Å². The summed E-state index contributed by atoms with van der Waals surface area (Å²) in [6, 6.07) is 0. The van der Waals surface area contributed by atoms with Gasteiger partial charge in [-0.05, 0) is 86.9 Å². The number of rotatable bonds is 2. The molecule has 4 aliphatic carbocycles. The maximum Gasteiger partial charge on any atom is 0.0884 e. The molecule has 3 nitrogen and oxygen atoms in total. The molecule has 0 aromatic rings. The van der Waals surface area contributed by atoms with Crippen molar-refractivity contribution in [2.45, 2.75) is 83.3 Å². The summed E-state index contributed by atoms with van der Waals surface area (Å²) in [4.78, 5) is 0. The lowest BCUT2D eigenvalue weighted by atomic mass is 9.44. The largest absolute Gasteiger partial charge is 0.393 e. The molecule has 4 rings (SSSR count). The van der Waals surface area contributed by atoms with Crippen molar-refractivity contribution in [2.75, 3.05) is 6.61 Å². The van der Waals surface area contributed by atoms with Crippen molar-refractivity contribution in [3.8, 4) is 0 Å². The van der Waals surface area contributed by atoms with Crippen LogP contribution in [-0.4, -0.2) is 33.6 Å². The van der Waals surface area contributed by atoms with Crippen LogP contribution < -0.4 is 0 Å². The van der Waals surface area contributed by atoms with Gasteiger partial charge < -0.3 is 15.3 Å². The number of fused-ring (bicyclic) bond motifs is 5. The average molecular weight is 349 g/mol. The molecule has 3 N–H and O–H groups in total. The highest BCUT2D eigenvalue weighted by molar-refractivity contribution is 5.20. The monoisotopic (exact) mass is 348 g/mol. The first-order chi connectivity index (χ1) is 11.8. The molecule has 0 aromatic carbocycles. The van der Waals surface area contributed by atoms with Crippen molar-refractivity contribution >= 4 is 0 Å². The number of aliphatic hydroxyl groups excluding tert-OH is 2. The zero-order valence-corrected chi connectivity index (χ0v) is 16.0. The predicted octanol–water partition coefficient (Wildman–Crippen LogP) is 3.67. The summed E-state index contributed by atoms with van der Waals surface area (Å²) in [5, 5.41) is 30.7. The molecule has 0 aliphatic heterocycles. The molecule has 0 heterocycles. The zero-order chi connectivity index (χ0) is 17.9. The van der Waals surface area contributed by atoms with E-state index in [1.807, 2.05) is 6.08 Å². The molecule has 3 heteroatoms. The fraction of sp³-hybridized carbons (Fsp3) is 0.909. The Morgan fingerprint density at radius 1 is 0.960 bits per heavy atom. The van der Waals surface area contributed by atoms with Crippen LogP contribution in [0.5, 0.6) is 0 Å². The van der Waals surface area contributed by atoms with E-state index in [2.05, 4.69) is 13.8 Å². The topological polar surface area (TPSA) is 60.7 Å². The minimum absolute atomic E-state index is 0.0111. The van der Waals surface area contributed by atoms with Crippen LogP contribution >= 0.6 is 0 Å². The quantitative estimate of drug-likeness (QED) is 0.667. The van der Waals surface area contributed by atoms with Crippen molar-refractivity contribution in [2.24, 2.45) is 34.5 Å². The normalized spacial score (nSPS) is 55.6. The van der Waals surface area contributed by atoms with E-state index in [9.17, 15) is 15.3 Å². The van der Waals surface area contributed by atoms with Crippen molar-refractivity contribution in [3.05, 3.63) is 12.2 Å². The summed E-state index contributed by atoms with van der Waals surface area (Å²) in [5.41, 5.74) is -0.395. The molecule has 0 bridgehead atoms. The van der Waals surface area contributed by atoms with Gasteiger partial charge in [-0.25, -0.2) is 0 Å². The van der Waals surface area contributed by atoms with Crippen molar-refractivity contribution in [1.82, 2.24) is 0 Å². The van der Waals surface area contributed by atoms with E-state index in [-0.39, 0.29) is 18.1 Å². The molecule has 0 spiro atoms. The van der Waals surface area contributed by atoms with Gasteiger partial charge in [0.25, 0.3) is 0 Å².